The van der Waals surface area contributed by atoms with Crippen molar-refractivity contribution >= 4 is 11.6 Å². The highest BCUT2D eigenvalue weighted by Gasteiger charge is 2.27. The molecule has 0 atom stereocenters. The van der Waals surface area contributed by atoms with E-state index in [2.05, 4.69) is 19.9 Å². The second kappa shape index (κ2) is 7.32. The van der Waals surface area contributed by atoms with Crippen molar-refractivity contribution in [1.82, 2.24) is 19.9 Å². The average molecular weight is 376 g/mol. The van der Waals surface area contributed by atoms with Gasteiger partial charge in [-0.15, -0.1) is 0 Å². The maximum absolute atomic E-state index is 14.7. The Hall–Kier alpha value is -2.38. The molecule has 0 bridgehead atoms. The monoisotopic (exact) mass is 376 g/mol. The van der Waals surface area contributed by atoms with E-state index in [9.17, 15) is 8.78 Å². The van der Waals surface area contributed by atoms with Crippen molar-refractivity contribution in [3.8, 4) is 0 Å². The smallest absolute Gasteiger partial charge is 0.187 e. The van der Waals surface area contributed by atoms with Gasteiger partial charge >= 0.3 is 0 Å². The van der Waals surface area contributed by atoms with Crippen LogP contribution < -0.4 is 9.80 Å². The van der Waals surface area contributed by atoms with Crippen LogP contribution in [-0.4, -0.2) is 46.1 Å². The van der Waals surface area contributed by atoms with E-state index in [0.717, 1.165) is 0 Å². The Morgan fingerprint density at radius 2 is 1.52 bits per heavy atom. The molecule has 0 radical (unpaired) electrons. The van der Waals surface area contributed by atoms with Gasteiger partial charge in [-0.05, 0) is 13.3 Å². The van der Waals surface area contributed by atoms with E-state index in [0.29, 0.717) is 61.4 Å². The topological polar surface area (TPSA) is 58.0 Å². The summed E-state index contributed by atoms with van der Waals surface area (Å²) in [6.07, 6.45) is 1.91. The van der Waals surface area contributed by atoms with Gasteiger partial charge in [-0.3, -0.25) is 0 Å². The van der Waals surface area contributed by atoms with Crippen LogP contribution in [0.1, 0.15) is 44.9 Å². The number of rotatable bonds is 3. The molecule has 0 amide bonds. The summed E-state index contributed by atoms with van der Waals surface area (Å²) in [4.78, 5) is 20.7. The molecule has 0 saturated carbocycles. The Kier molecular flexibility index (Phi) is 5.26. The summed E-state index contributed by atoms with van der Waals surface area (Å²) >= 11 is 0. The van der Waals surface area contributed by atoms with Gasteiger partial charge in [0.2, 0.25) is 0 Å². The summed E-state index contributed by atoms with van der Waals surface area (Å²) in [5, 5.41) is 0. The summed E-state index contributed by atoms with van der Waals surface area (Å²) < 4.78 is 29.2. The Bertz CT molecular complexity index is 826. The zero-order valence-electron chi connectivity index (χ0n) is 16.6. The van der Waals surface area contributed by atoms with Crippen LogP contribution in [0, 0.1) is 18.6 Å². The second-order valence-corrected chi connectivity index (χ2v) is 7.81. The maximum Gasteiger partial charge on any atom is 0.187 e. The highest BCUT2D eigenvalue weighted by molar-refractivity contribution is 5.47. The summed E-state index contributed by atoms with van der Waals surface area (Å²) in [6.45, 7) is 11.7. The number of hydrogen-bond acceptors (Lipinski definition) is 6. The minimum Gasteiger partial charge on any atom is -0.351 e. The van der Waals surface area contributed by atoms with Crippen molar-refractivity contribution in [3.05, 3.63) is 35.2 Å². The van der Waals surface area contributed by atoms with E-state index in [1.807, 2.05) is 37.5 Å². The lowest BCUT2D eigenvalue weighted by Crippen LogP contribution is -2.48. The molecular weight excluding hydrogens is 350 g/mol. The van der Waals surface area contributed by atoms with Gasteiger partial charge in [0.15, 0.2) is 23.3 Å². The van der Waals surface area contributed by atoms with E-state index < -0.39 is 5.82 Å². The molecule has 6 nitrogen and oxygen atoms in total. The second-order valence-electron chi connectivity index (χ2n) is 7.81. The Labute approximate surface area is 158 Å². The van der Waals surface area contributed by atoms with Crippen molar-refractivity contribution in [3.63, 3.8) is 0 Å². The molecule has 8 heteroatoms. The number of anilines is 2. The van der Waals surface area contributed by atoms with Crippen molar-refractivity contribution in [2.24, 2.45) is 0 Å². The largest absolute Gasteiger partial charge is 0.351 e. The minimum atomic E-state index is -0.391. The third kappa shape index (κ3) is 3.84. The van der Waals surface area contributed by atoms with E-state index in [-0.39, 0.29) is 11.2 Å². The zero-order valence-corrected chi connectivity index (χ0v) is 16.6. The number of hydrogen-bond donors (Lipinski definition) is 0. The maximum atomic E-state index is 14.7. The third-order valence-electron chi connectivity index (χ3n) is 4.73. The summed E-state index contributed by atoms with van der Waals surface area (Å²) in [5.41, 5.74) is 0.492. The van der Waals surface area contributed by atoms with Gasteiger partial charge in [-0.2, -0.15) is 0 Å². The number of halogens is 2. The standard InChI is InChI=1S/C19H26F2N6/c1-6-13-15(21)16(23-11-22-13)26-7-9-27(10-8-26)17-14(20)12(2)24-18(25-17)19(3,4)5/h11H,6-10H2,1-5H3. The first kappa shape index (κ1) is 19.4. The van der Waals surface area contributed by atoms with Gasteiger partial charge in [-0.25, -0.2) is 28.7 Å². The molecule has 27 heavy (non-hydrogen) atoms. The Morgan fingerprint density at radius 1 is 0.926 bits per heavy atom. The van der Waals surface area contributed by atoms with Crippen LogP contribution in [0.5, 0.6) is 0 Å². The van der Waals surface area contributed by atoms with Crippen molar-refractivity contribution in [2.45, 2.75) is 46.5 Å². The highest BCUT2D eigenvalue weighted by Crippen LogP contribution is 2.27. The van der Waals surface area contributed by atoms with Crippen molar-refractivity contribution in [2.75, 3.05) is 36.0 Å². The van der Waals surface area contributed by atoms with Crippen LogP contribution in [0.4, 0.5) is 20.4 Å². The number of nitrogens with zero attached hydrogens (tertiary/aromatic N) is 6. The van der Waals surface area contributed by atoms with Crippen molar-refractivity contribution in [1.29, 1.82) is 0 Å². The fraction of sp³-hybridized carbons (Fsp3) is 0.579. The minimum absolute atomic E-state index is 0.268. The lowest BCUT2D eigenvalue weighted by atomic mass is 9.95. The fourth-order valence-electron chi connectivity index (χ4n) is 3.08. The predicted octanol–water partition coefficient (Wildman–Crippen LogP) is 3.04. The zero-order chi connectivity index (χ0) is 19.8. The van der Waals surface area contributed by atoms with Crippen LogP contribution in [0.25, 0.3) is 0 Å². The molecule has 0 unspecified atom stereocenters. The summed E-state index contributed by atoms with van der Waals surface area (Å²) in [5.74, 6) is 0.499. The number of aromatic nitrogens is 4. The van der Waals surface area contributed by atoms with Gasteiger partial charge < -0.3 is 9.80 Å². The van der Waals surface area contributed by atoms with Gasteiger partial charge in [-0.1, -0.05) is 27.7 Å². The first-order valence-electron chi connectivity index (χ1n) is 9.26. The normalized spacial score (nSPS) is 15.4. The molecule has 0 N–H and O–H groups in total. The first-order valence-corrected chi connectivity index (χ1v) is 9.26. The van der Waals surface area contributed by atoms with Gasteiger partial charge in [0, 0.05) is 31.6 Å². The van der Waals surface area contributed by atoms with Crippen molar-refractivity contribution < 1.29 is 8.78 Å². The molecule has 1 aliphatic heterocycles. The van der Waals surface area contributed by atoms with Crippen LogP contribution in [0.3, 0.4) is 0 Å². The highest BCUT2D eigenvalue weighted by atomic mass is 19.1. The molecule has 1 fully saturated rings. The number of aryl methyl sites for hydroxylation is 2. The van der Waals surface area contributed by atoms with E-state index in [4.69, 9.17) is 0 Å². The third-order valence-corrected chi connectivity index (χ3v) is 4.73. The van der Waals surface area contributed by atoms with Crippen LogP contribution >= 0.6 is 0 Å². The van der Waals surface area contributed by atoms with Crippen LogP contribution in [-0.2, 0) is 11.8 Å². The van der Waals surface area contributed by atoms with E-state index in [1.165, 1.54) is 6.33 Å². The molecule has 1 saturated heterocycles. The fourth-order valence-corrected chi connectivity index (χ4v) is 3.08. The van der Waals surface area contributed by atoms with Crippen LogP contribution in [0.15, 0.2) is 6.33 Å². The SMILES string of the molecule is CCc1ncnc(N2CCN(c3nc(C(C)(C)C)nc(C)c3F)CC2)c1F. The van der Waals surface area contributed by atoms with Gasteiger partial charge in [0.25, 0.3) is 0 Å². The van der Waals surface area contributed by atoms with Crippen LogP contribution in [0.2, 0.25) is 0 Å². The molecule has 146 valence electrons. The van der Waals surface area contributed by atoms with E-state index >= 15 is 0 Å². The first-order chi connectivity index (χ1) is 12.7. The molecule has 1 aliphatic rings. The molecule has 3 heterocycles. The molecule has 0 aliphatic carbocycles. The lowest BCUT2D eigenvalue weighted by Gasteiger charge is -2.36. The molecule has 3 rings (SSSR count). The Balaban J connectivity index is 1.81. The average Bonchev–Trinajstić information content (AvgIpc) is 2.63. The lowest BCUT2D eigenvalue weighted by molar-refractivity contribution is 0.514. The molecular formula is C19H26F2N6. The molecule has 2 aromatic rings. The summed E-state index contributed by atoms with van der Waals surface area (Å²) in [7, 11) is 0. The van der Waals surface area contributed by atoms with Gasteiger partial charge in [0.1, 0.15) is 12.2 Å². The number of piperazine rings is 1. The quantitative estimate of drug-likeness (QED) is 0.821. The molecule has 0 aromatic carbocycles. The van der Waals surface area contributed by atoms with Gasteiger partial charge in [0.05, 0.1) is 11.4 Å². The van der Waals surface area contributed by atoms with E-state index in [1.54, 1.807) is 6.92 Å². The Morgan fingerprint density at radius 3 is 2.07 bits per heavy atom. The summed E-state index contributed by atoms with van der Waals surface area (Å²) in [6, 6.07) is 0. The molecule has 2 aromatic heterocycles. The molecule has 0 spiro atoms. The predicted molar refractivity (Wildman–Crippen MR) is 101 cm³/mol.